The molecule has 0 aliphatic rings. The van der Waals surface area contributed by atoms with E-state index in [1.165, 1.54) is 19.3 Å². The van der Waals surface area contributed by atoms with Gasteiger partial charge in [0.15, 0.2) is 0 Å². The summed E-state index contributed by atoms with van der Waals surface area (Å²) in [5, 5.41) is 16.0. The second-order valence-electron chi connectivity index (χ2n) is 6.70. The number of hydrogen-bond donors (Lipinski definition) is 1. The molecule has 0 fully saturated rings. The molecule has 0 radical (unpaired) electrons. The Morgan fingerprint density at radius 1 is 1.18 bits per heavy atom. The van der Waals surface area contributed by atoms with E-state index in [0.717, 1.165) is 35.7 Å². The van der Waals surface area contributed by atoms with Crippen molar-refractivity contribution in [3.63, 3.8) is 0 Å². The van der Waals surface area contributed by atoms with E-state index < -0.39 is 0 Å². The largest absolute Gasteiger partial charge is 0.494 e. The Hall–Kier alpha value is -2.74. The maximum atomic E-state index is 5.78. The standard InChI is InChI=1S/C20H26N6OS/c1-4-5-6-7-12-27-18-10-8-17(9-11-18)14-21-26-19(22-23-20(26)28)25-16(3)13-15(2)24-25/h8-11,13-14H,4-7,12H2,1-3H3,(H,23,28)/b21-14-. The average molecular weight is 399 g/mol. The predicted octanol–water partition coefficient (Wildman–Crippen LogP) is 4.58. The monoisotopic (exact) mass is 398 g/mol. The summed E-state index contributed by atoms with van der Waals surface area (Å²) >= 11 is 5.31. The fraction of sp³-hybridized carbons (Fsp3) is 0.400. The fourth-order valence-corrected chi connectivity index (χ4v) is 3.02. The van der Waals surface area contributed by atoms with Gasteiger partial charge in [0, 0.05) is 5.69 Å². The summed E-state index contributed by atoms with van der Waals surface area (Å²) in [7, 11) is 0. The molecule has 3 rings (SSSR count). The van der Waals surface area contributed by atoms with Gasteiger partial charge in [0.05, 0.1) is 18.5 Å². The zero-order valence-corrected chi connectivity index (χ0v) is 17.4. The van der Waals surface area contributed by atoms with Gasteiger partial charge in [-0.05, 0) is 68.4 Å². The quantitative estimate of drug-likeness (QED) is 0.325. The third-order valence-electron chi connectivity index (χ3n) is 4.30. The highest BCUT2D eigenvalue weighted by molar-refractivity contribution is 7.71. The van der Waals surface area contributed by atoms with E-state index >= 15 is 0 Å². The van der Waals surface area contributed by atoms with Gasteiger partial charge < -0.3 is 4.74 Å². The normalized spacial score (nSPS) is 11.4. The Bertz CT molecular complexity index is 983. The molecule has 1 aromatic carbocycles. The molecule has 148 valence electrons. The molecular weight excluding hydrogens is 372 g/mol. The van der Waals surface area contributed by atoms with Gasteiger partial charge in [-0.1, -0.05) is 26.2 Å². The molecule has 0 bridgehead atoms. The van der Waals surface area contributed by atoms with Crippen LogP contribution >= 0.6 is 12.2 Å². The molecule has 0 unspecified atom stereocenters. The minimum absolute atomic E-state index is 0.408. The number of benzene rings is 1. The van der Waals surface area contributed by atoms with Crippen LogP contribution in [-0.4, -0.2) is 37.5 Å². The van der Waals surface area contributed by atoms with Gasteiger partial charge in [-0.25, -0.2) is 9.78 Å². The van der Waals surface area contributed by atoms with Crippen LogP contribution in [0.3, 0.4) is 0 Å². The molecule has 8 heteroatoms. The first kappa shape index (κ1) is 20.0. The van der Waals surface area contributed by atoms with Crippen molar-refractivity contribution in [2.75, 3.05) is 6.61 Å². The molecule has 0 saturated heterocycles. The van der Waals surface area contributed by atoms with Crippen LogP contribution in [-0.2, 0) is 0 Å². The van der Waals surface area contributed by atoms with Gasteiger partial charge in [0.1, 0.15) is 5.75 Å². The molecule has 0 atom stereocenters. The number of hydrogen-bond acceptors (Lipinski definition) is 5. The summed E-state index contributed by atoms with van der Waals surface area (Å²) in [4.78, 5) is 0. The van der Waals surface area contributed by atoms with Crippen LogP contribution in [0.5, 0.6) is 5.75 Å². The summed E-state index contributed by atoms with van der Waals surface area (Å²) in [5.41, 5.74) is 2.82. The van der Waals surface area contributed by atoms with Crippen molar-refractivity contribution >= 4 is 18.4 Å². The van der Waals surface area contributed by atoms with Gasteiger partial charge in [-0.3, -0.25) is 0 Å². The molecular formula is C20H26N6OS. The average Bonchev–Trinajstić information content (AvgIpc) is 3.21. The lowest BCUT2D eigenvalue weighted by Crippen LogP contribution is -2.07. The van der Waals surface area contributed by atoms with Gasteiger partial charge in [-0.2, -0.15) is 14.9 Å². The fourth-order valence-electron chi connectivity index (χ4n) is 2.85. The Labute approximate surface area is 170 Å². The lowest BCUT2D eigenvalue weighted by Gasteiger charge is -2.06. The smallest absolute Gasteiger partial charge is 0.271 e. The highest BCUT2D eigenvalue weighted by Gasteiger charge is 2.11. The Balaban J connectivity index is 1.68. The molecule has 2 heterocycles. The van der Waals surface area contributed by atoms with E-state index in [2.05, 4.69) is 27.3 Å². The Morgan fingerprint density at radius 3 is 2.64 bits per heavy atom. The molecule has 7 nitrogen and oxygen atoms in total. The maximum absolute atomic E-state index is 5.78. The number of nitrogens with one attached hydrogen (secondary N) is 1. The lowest BCUT2D eigenvalue weighted by molar-refractivity contribution is 0.305. The number of aromatic amines is 1. The number of aryl methyl sites for hydroxylation is 2. The lowest BCUT2D eigenvalue weighted by atomic mass is 10.2. The first-order chi connectivity index (χ1) is 13.6. The first-order valence-corrected chi connectivity index (χ1v) is 9.97. The van der Waals surface area contributed by atoms with Crippen molar-refractivity contribution in [1.82, 2.24) is 24.7 Å². The molecule has 3 aromatic rings. The predicted molar refractivity (Wildman–Crippen MR) is 113 cm³/mol. The van der Waals surface area contributed by atoms with Crippen molar-refractivity contribution in [3.8, 4) is 11.7 Å². The van der Waals surface area contributed by atoms with Crippen LogP contribution in [0.1, 0.15) is 49.6 Å². The number of aromatic nitrogens is 5. The second kappa shape index (κ2) is 9.45. The summed E-state index contributed by atoms with van der Waals surface area (Å²) in [5.74, 6) is 1.40. The van der Waals surface area contributed by atoms with E-state index in [4.69, 9.17) is 17.0 Å². The SMILES string of the molecule is CCCCCCOc1ccc(/C=N\n2c(-n3nc(C)cc3C)n[nH]c2=S)cc1. The van der Waals surface area contributed by atoms with E-state index in [1.807, 2.05) is 44.2 Å². The zero-order valence-electron chi connectivity index (χ0n) is 16.6. The van der Waals surface area contributed by atoms with Crippen LogP contribution in [0.15, 0.2) is 35.4 Å². The Morgan fingerprint density at radius 2 is 1.96 bits per heavy atom. The molecule has 0 saturated carbocycles. The van der Waals surface area contributed by atoms with Crippen LogP contribution in [0.4, 0.5) is 0 Å². The van der Waals surface area contributed by atoms with Gasteiger partial charge >= 0.3 is 0 Å². The zero-order chi connectivity index (χ0) is 19.9. The van der Waals surface area contributed by atoms with Crippen molar-refractivity contribution in [2.45, 2.75) is 46.5 Å². The highest BCUT2D eigenvalue weighted by Crippen LogP contribution is 2.13. The molecule has 1 N–H and O–H groups in total. The van der Waals surface area contributed by atoms with Crippen molar-refractivity contribution in [1.29, 1.82) is 0 Å². The van der Waals surface area contributed by atoms with Crippen molar-refractivity contribution in [3.05, 3.63) is 52.1 Å². The van der Waals surface area contributed by atoms with E-state index in [1.54, 1.807) is 15.6 Å². The van der Waals surface area contributed by atoms with Crippen LogP contribution < -0.4 is 4.74 Å². The van der Waals surface area contributed by atoms with Gasteiger partial charge in [0.2, 0.25) is 4.77 Å². The maximum Gasteiger partial charge on any atom is 0.271 e. The third kappa shape index (κ3) is 4.95. The van der Waals surface area contributed by atoms with Crippen LogP contribution in [0, 0.1) is 18.6 Å². The summed E-state index contributed by atoms with van der Waals surface area (Å²) in [6.07, 6.45) is 6.53. The van der Waals surface area contributed by atoms with E-state index in [9.17, 15) is 0 Å². The third-order valence-corrected chi connectivity index (χ3v) is 4.57. The summed E-state index contributed by atoms with van der Waals surface area (Å²) in [6.45, 7) is 6.86. The number of unbranched alkanes of at least 4 members (excludes halogenated alkanes) is 3. The van der Waals surface area contributed by atoms with Crippen LogP contribution in [0.25, 0.3) is 5.95 Å². The number of H-pyrrole nitrogens is 1. The van der Waals surface area contributed by atoms with Crippen LogP contribution in [0.2, 0.25) is 0 Å². The number of ether oxygens (including phenoxy) is 1. The van der Waals surface area contributed by atoms with Gasteiger partial charge in [0.25, 0.3) is 5.95 Å². The molecule has 0 aliphatic carbocycles. The minimum Gasteiger partial charge on any atom is -0.494 e. The molecule has 0 aliphatic heterocycles. The van der Waals surface area contributed by atoms with E-state index in [-0.39, 0.29) is 0 Å². The molecule has 28 heavy (non-hydrogen) atoms. The van der Waals surface area contributed by atoms with E-state index in [0.29, 0.717) is 10.7 Å². The summed E-state index contributed by atoms with van der Waals surface area (Å²) in [6, 6.07) is 9.83. The molecule has 2 aromatic heterocycles. The molecule has 0 amide bonds. The summed E-state index contributed by atoms with van der Waals surface area (Å²) < 4.78 is 9.46. The highest BCUT2D eigenvalue weighted by atomic mass is 32.1. The van der Waals surface area contributed by atoms with Crippen molar-refractivity contribution in [2.24, 2.45) is 5.10 Å². The van der Waals surface area contributed by atoms with Gasteiger partial charge in [-0.15, -0.1) is 5.10 Å². The number of rotatable bonds is 9. The first-order valence-electron chi connectivity index (χ1n) is 9.56. The number of nitrogens with zero attached hydrogens (tertiary/aromatic N) is 5. The second-order valence-corrected chi connectivity index (χ2v) is 7.09. The topological polar surface area (TPSA) is 73.0 Å². The minimum atomic E-state index is 0.408. The Kier molecular flexibility index (Phi) is 6.76. The molecule has 0 spiro atoms. The van der Waals surface area contributed by atoms with Crippen molar-refractivity contribution < 1.29 is 4.74 Å².